The second-order valence-electron chi connectivity index (χ2n) is 4.42. The summed E-state index contributed by atoms with van der Waals surface area (Å²) in [7, 11) is 0. The minimum atomic E-state index is -0.160. The fraction of sp³-hybridized carbons (Fsp3) is 0.615. The van der Waals surface area contributed by atoms with Gasteiger partial charge in [0.15, 0.2) is 5.78 Å². The minimum Gasteiger partial charge on any atom is -0.370 e. The lowest BCUT2D eigenvalue weighted by atomic mass is 9.99. The third-order valence-electron chi connectivity index (χ3n) is 3.12. The molecule has 0 saturated carbocycles. The van der Waals surface area contributed by atoms with Crippen molar-refractivity contribution < 1.29 is 9.53 Å². The maximum atomic E-state index is 12.0. The third-order valence-corrected chi connectivity index (χ3v) is 4.35. The molecule has 2 unspecified atom stereocenters. The third kappa shape index (κ3) is 2.53. The molecular weight excluding hydrogens is 220 g/mol. The van der Waals surface area contributed by atoms with Crippen molar-refractivity contribution >= 4 is 17.1 Å². The Hall–Kier alpha value is -0.670. The lowest BCUT2D eigenvalue weighted by molar-refractivity contribution is -0.128. The smallest absolute Gasteiger partial charge is 0.166 e. The lowest BCUT2D eigenvalue weighted by Gasteiger charge is -2.12. The SMILES string of the molecule is CCc1ccc(CC(=O)C2OCCC2C)s1. The van der Waals surface area contributed by atoms with Crippen LogP contribution in [0.15, 0.2) is 12.1 Å². The number of hydrogen-bond donors (Lipinski definition) is 0. The molecule has 0 aromatic carbocycles. The van der Waals surface area contributed by atoms with Crippen LogP contribution in [0.25, 0.3) is 0 Å². The van der Waals surface area contributed by atoms with Gasteiger partial charge in [0.2, 0.25) is 0 Å². The Morgan fingerprint density at radius 3 is 2.81 bits per heavy atom. The number of carbonyl (C=O) groups is 1. The van der Waals surface area contributed by atoms with E-state index in [1.165, 1.54) is 9.75 Å². The van der Waals surface area contributed by atoms with Crippen molar-refractivity contribution in [2.75, 3.05) is 6.61 Å². The molecule has 2 rings (SSSR count). The summed E-state index contributed by atoms with van der Waals surface area (Å²) in [4.78, 5) is 14.5. The Bertz CT molecular complexity index is 370. The molecule has 1 aliphatic rings. The Labute approximate surface area is 101 Å². The Kier molecular flexibility index (Phi) is 3.77. The molecule has 1 aromatic rings. The van der Waals surface area contributed by atoms with Crippen LogP contribution in [-0.4, -0.2) is 18.5 Å². The molecule has 0 amide bonds. The number of carbonyl (C=O) groups excluding carboxylic acids is 1. The van der Waals surface area contributed by atoms with E-state index in [-0.39, 0.29) is 11.9 Å². The van der Waals surface area contributed by atoms with Crippen molar-refractivity contribution in [2.24, 2.45) is 5.92 Å². The fourth-order valence-corrected chi connectivity index (χ4v) is 3.05. The first kappa shape index (κ1) is 11.8. The maximum Gasteiger partial charge on any atom is 0.166 e. The van der Waals surface area contributed by atoms with Crippen LogP contribution in [0.1, 0.15) is 30.0 Å². The summed E-state index contributed by atoms with van der Waals surface area (Å²) in [6.45, 7) is 4.98. The lowest BCUT2D eigenvalue weighted by Crippen LogP contribution is -2.26. The molecule has 1 aliphatic heterocycles. The van der Waals surface area contributed by atoms with Gasteiger partial charge in [-0.25, -0.2) is 0 Å². The van der Waals surface area contributed by atoms with Crippen molar-refractivity contribution in [1.82, 2.24) is 0 Å². The molecule has 1 fully saturated rings. The highest BCUT2D eigenvalue weighted by atomic mass is 32.1. The van der Waals surface area contributed by atoms with Gasteiger partial charge in [-0.15, -0.1) is 11.3 Å². The Balaban J connectivity index is 1.96. The summed E-state index contributed by atoms with van der Waals surface area (Å²) in [5, 5.41) is 0. The zero-order valence-corrected chi connectivity index (χ0v) is 10.7. The van der Waals surface area contributed by atoms with Crippen LogP contribution in [-0.2, 0) is 22.4 Å². The van der Waals surface area contributed by atoms with E-state index in [1.807, 2.05) is 0 Å². The van der Waals surface area contributed by atoms with Crippen LogP contribution >= 0.6 is 11.3 Å². The average Bonchev–Trinajstić information content (AvgIpc) is 2.86. The molecule has 0 aliphatic carbocycles. The highest BCUT2D eigenvalue weighted by Gasteiger charge is 2.30. The van der Waals surface area contributed by atoms with Gasteiger partial charge in [0.25, 0.3) is 0 Å². The number of aryl methyl sites for hydroxylation is 1. The number of hydrogen-bond acceptors (Lipinski definition) is 3. The van der Waals surface area contributed by atoms with Gasteiger partial charge in [-0.3, -0.25) is 4.79 Å². The van der Waals surface area contributed by atoms with Crippen LogP contribution in [0.2, 0.25) is 0 Å². The second-order valence-corrected chi connectivity index (χ2v) is 5.67. The van der Waals surface area contributed by atoms with Gasteiger partial charge in [-0.2, -0.15) is 0 Å². The average molecular weight is 238 g/mol. The van der Waals surface area contributed by atoms with Crippen LogP contribution < -0.4 is 0 Å². The Morgan fingerprint density at radius 2 is 2.25 bits per heavy atom. The first-order valence-electron chi connectivity index (χ1n) is 5.92. The maximum absolute atomic E-state index is 12.0. The molecule has 2 heterocycles. The topological polar surface area (TPSA) is 26.3 Å². The number of ether oxygens (including phenoxy) is 1. The van der Waals surface area contributed by atoms with Gasteiger partial charge in [-0.05, 0) is 30.9 Å². The molecule has 1 saturated heterocycles. The molecule has 3 heteroatoms. The van der Waals surface area contributed by atoms with Crippen LogP contribution in [0.5, 0.6) is 0 Å². The number of rotatable bonds is 4. The van der Waals surface area contributed by atoms with Crippen molar-refractivity contribution in [1.29, 1.82) is 0 Å². The Morgan fingerprint density at radius 1 is 1.50 bits per heavy atom. The zero-order valence-electron chi connectivity index (χ0n) is 9.86. The number of thiophene rings is 1. The predicted molar refractivity (Wildman–Crippen MR) is 65.9 cm³/mol. The molecule has 2 atom stereocenters. The molecule has 88 valence electrons. The highest BCUT2D eigenvalue weighted by Crippen LogP contribution is 2.24. The van der Waals surface area contributed by atoms with E-state index in [4.69, 9.17) is 4.74 Å². The van der Waals surface area contributed by atoms with E-state index in [9.17, 15) is 4.79 Å². The van der Waals surface area contributed by atoms with Crippen molar-refractivity contribution in [2.45, 2.75) is 39.2 Å². The van der Waals surface area contributed by atoms with Crippen molar-refractivity contribution in [3.05, 3.63) is 21.9 Å². The van der Waals surface area contributed by atoms with Gasteiger partial charge in [0.05, 0.1) is 0 Å². The summed E-state index contributed by atoms with van der Waals surface area (Å²) < 4.78 is 5.49. The monoisotopic (exact) mass is 238 g/mol. The summed E-state index contributed by atoms with van der Waals surface area (Å²) in [5.41, 5.74) is 0. The molecular formula is C13H18O2S. The zero-order chi connectivity index (χ0) is 11.5. The normalized spacial score (nSPS) is 24.9. The molecule has 0 radical (unpaired) electrons. The van der Waals surface area contributed by atoms with Crippen LogP contribution in [0.4, 0.5) is 0 Å². The summed E-state index contributed by atoms with van der Waals surface area (Å²) in [6.07, 6.45) is 2.45. The van der Waals surface area contributed by atoms with E-state index < -0.39 is 0 Å². The number of ketones is 1. The summed E-state index contributed by atoms with van der Waals surface area (Å²) in [5.74, 6) is 0.632. The van der Waals surface area contributed by atoms with Crippen LogP contribution in [0, 0.1) is 5.92 Å². The first-order valence-corrected chi connectivity index (χ1v) is 6.74. The van der Waals surface area contributed by atoms with Gasteiger partial charge in [-0.1, -0.05) is 13.8 Å². The van der Waals surface area contributed by atoms with Crippen LogP contribution in [0.3, 0.4) is 0 Å². The van der Waals surface area contributed by atoms with Gasteiger partial charge < -0.3 is 4.74 Å². The first-order chi connectivity index (χ1) is 7.70. The largest absolute Gasteiger partial charge is 0.370 e. The van der Waals surface area contributed by atoms with E-state index in [0.29, 0.717) is 12.3 Å². The van der Waals surface area contributed by atoms with Gasteiger partial charge in [0.1, 0.15) is 6.10 Å². The predicted octanol–water partition coefficient (Wildman–Crippen LogP) is 2.85. The van der Waals surface area contributed by atoms with E-state index in [2.05, 4.69) is 26.0 Å². The molecule has 16 heavy (non-hydrogen) atoms. The molecule has 0 spiro atoms. The summed E-state index contributed by atoms with van der Waals surface area (Å²) >= 11 is 1.74. The highest BCUT2D eigenvalue weighted by molar-refractivity contribution is 7.12. The molecule has 2 nitrogen and oxygen atoms in total. The minimum absolute atomic E-state index is 0.160. The second kappa shape index (κ2) is 5.11. The van der Waals surface area contributed by atoms with Gasteiger partial charge >= 0.3 is 0 Å². The molecule has 0 N–H and O–H groups in total. The van der Waals surface area contributed by atoms with Crippen molar-refractivity contribution in [3.63, 3.8) is 0 Å². The fourth-order valence-electron chi connectivity index (χ4n) is 2.09. The van der Waals surface area contributed by atoms with Gasteiger partial charge in [0, 0.05) is 22.8 Å². The van der Waals surface area contributed by atoms with Crippen molar-refractivity contribution in [3.8, 4) is 0 Å². The molecule has 1 aromatic heterocycles. The quantitative estimate of drug-likeness (QED) is 0.806. The van der Waals surface area contributed by atoms with E-state index >= 15 is 0 Å². The van der Waals surface area contributed by atoms with E-state index in [1.54, 1.807) is 11.3 Å². The van der Waals surface area contributed by atoms with E-state index in [0.717, 1.165) is 19.4 Å². The molecule has 0 bridgehead atoms. The number of Topliss-reactive ketones (excluding diaryl/α,β-unsaturated/α-hetero) is 1. The summed E-state index contributed by atoms with van der Waals surface area (Å²) in [6, 6.07) is 4.19. The standard InChI is InChI=1S/C13H18O2S/c1-3-10-4-5-11(16-10)8-12(14)13-9(2)6-7-15-13/h4-5,9,13H,3,6-8H2,1-2H3.